The van der Waals surface area contributed by atoms with Crippen LogP contribution in [0.15, 0.2) is 78.9 Å². The highest BCUT2D eigenvalue weighted by Gasteiger charge is 2.42. The monoisotopic (exact) mass is 363 g/mol. The smallest absolute Gasteiger partial charge is 0.137 e. The summed E-state index contributed by atoms with van der Waals surface area (Å²) in [4.78, 5) is 0. The molecule has 0 aliphatic carbocycles. The van der Waals surface area contributed by atoms with E-state index < -0.39 is 11.6 Å². The van der Waals surface area contributed by atoms with Crippen LogP contribution in [0.25, 0.3) is 0 Å². The SMILES string of the molecule is COc1ccccc1C(O)(c1ccccc1OC)[C@@H](N)Cc1ccccc1. The van der Waals surface area contributed by atoms with Gasteiger partial charge in [0, 0.05) is 17.2 Å². The lowest BCUT2D eigenvalue weighted by Crippen LogP contribution is -2.48. The Morgan fingerprint density at radius 3 is 1.70 bits per heavy atom. The number of nitrogens with two attached hydrogens (primary N) is 1. The van der Waals surface area contributed by atoms with Crippen LogP contribution >= 0.6 is 0 Å². The Kier molecular flexibility index (Phi) is 5.79. The Balaban J connectivity index is 2.17. The Bertz CT molecular complexity index is 832. The normalized spacial score (nSPS) is 12.4. The highest BCUT2D eigenvalue weighted by Crippen LogP contribution is 2.42. The lowest BCUT2D eigenvalue weighted by molar-refractivity contribution is 0.0467. The van der Waals surface area contributed by atoms with Crippen molar-refractivity contribution in [2.45, 2.75) is 18.1 Å². The van der Waals surface area contributed by atoms with Gasteiger partial charge < -0.3 is 20.3 Å². The molecule has 0 fully saturated rings. The Morgan fingerprint density at radius 2 is 1.22 bits per heavy atom. The van der Waals surface area contributed by atoms with Crippen LogP contribution in [-0.4, -0.2) is 25.4 Å². The molecule has 0 aliphatic heterocycles. The summed E-state index contributed by atoms with van der Waals surface area (Å²) in [5.41, 5.74) is 7.42. The van der Waals surface area contributed by atoms with Crippen LogP contribution in [0.3, 0.4) is 0 Å². The van der Waals surface area contributed by atoms with Crippen molar-refractivity contribution in [2.24, 2.45) is 5.73 Å². The van der Waals surface area contributed by atoms with E-state index in [2.05, 4.69) is 0 Å². The molecule has 0 spiro atoms. The van der Waals surface area contributed by atoms with E-state index >= 15 is 0 Å². The van der Waals surface area contributed by atoms with Crippen molar-refractivity contribution < 1.29 is 14.6 Å². The summed E-state index contributed by atoms with van der Waals surface area (Å²) >= 11 is 0. The standard InChI is InChI=1S/C23H25NO3/c1-26-20-14-8-6-12-18(20)23(25,19-13-7-9-15-21(19)27-2)22(24)16-17-10-4-3-5-11-17/h3-15,22,25H,16,24H2,1-2H3/t22-/m0/s1. The van der Waals surface area contributed by atoms with Gasteiger partial charge in [0.1, 0.15) is 17.1 Å². The number of hydrogen-bond acceptors (Lipinski definition) is 4. The van der Waals surface area contributed by atoms with Crippen molar-refractivity contribution >= 4 is 0 Å². The van der Waals surface area contributed by atoms with Gasteiger partial charge in [-0.25, -0.2) is 0 Å². The van der Waals surface area contributed by atoms with Crippen molar-refractivity contribution in [1.82, 2.24) is 0 Å². The van der Waals surface area contributed by atoms with E-state index in [0.717, 1.165) is 5.56 Å². The highest BCUT2D eigenvalue weighted by molar-refractivity contribution is 5.51. The fourth-order valence-corrected chi connectivity index (χ4v) is 3.48. The van der Waals surface area contributed by atoms with E-state index in [0.29, 0.717) is 29.0 Å². The van der Waals surface area contributed by atoms with Gasteiger partial charge >= 0.3 is 0 Å². The quantitative estimate of drug-likeness (QED) is 0.674. The highest BCUT2D eigenvalue weighted by atomic mass is 16.5. The fraction of sp³-hybridized carbons (Fsp3) is 0.217. The van der Waals surface area contributed by atoms with Gasteiger partial charge in [0.25, 0.3) is 0 Å². The molecule has 0 unspecified atom stereocenters. The average Bonchev–Trinajstić information content (AvgIpc) is 2.73. The Morgan fingerprint density at radius 1 is 0.778 bits per heavy atom. The molecule has 4 nitrogen and oxygen atoms in total. The van der Waals surface area contributed by atoms with Crippen molar-refractivity contribution in [3.8, 4) is 11.5 Å². The van der Waals surface area contributed by atoms with Gasteiger partial charge in [-0.3, -0.25) is 0 Å². The van der Waals surface area contributed by atoms with Gasteiger partial charge in [-0.15, -0.1) is 0 Å². The van der Waals surface area contributed by atoms with Gasteiger partial charge in [-0.05, 0) is 24.1 Å². The number of hydrogen-bond donors (Lipinski definition) is 2. The summed E-state index contributed by atoms with van der Waals surface area (Å²) in [6, 6.07) is 24.1. The number of aliphatic hydroxyl groups is 1. The third kappa shape index (κ3) is 3.68. The second-order valence-corrected chi connectivity index (χ2v) is 6.46. The largest absolute Gasteiger partial charge is 0.496 e. The summed E-state index contributed by atoms with van der Waals surface area (Å²) in [6.45, 7) is 0. The predicted octanol–water partition coefficient (Wildman–Crippen LogP) is 3.51. The van der Waals surface area contributed by atoms with Crippen molar-refractivity contribution in [2.75, 3.05) is 14.2 Å². The first-order valence-corrected chi connectivity index (χ1v) is 8.90. The molecule has 0 aromatic heterocycles. The van der Waals surface area contributed by atoms with Crippen molar-refractivity contribution in [1.29, 1.82) is 0 Å². The zero-order valence-corrected chi connectivity index (χ0v) is 15.6. The predicted molar refractivity (Wildman–Crippen MR) is 107 cm³/mol. The topological polar surface area (TPSA) is 64.7 Å². The van der Waals surface area contributed by atoms with Crippen LogP contribution in [0.1, 0.15) is 16.7 Å². The Hall–Kier alpha value is -2.82. The van der Waals surface area contributed by atoms with E-state index in [1.807, 2.05) is 78.9 Å². The molecular formula is C23H25NO3. The second-order valence-electron chi connectivity index (χ2n) is 6.46. The zero-order valence-electron chi connectivity index (χ0n) is 15.6. The molecule has 0 saturated heterocycles. The lowest BCUT2D eigenvalue weighted by Gasteiger charge is -2.37. The summed E-state index contributed by atoms with van der Waals surface area (Å²) in [5.74, 6) is 1.16. The minimum Gasteiger partial charge on any atom is -0.496 e. The fourth-order valence-electron chi connectivity index (χ4n) is 3.48. The van der Waals surface area contributed by atoms with E-state index in [1.54, 1.807) is 14.2 Å². The molecule has 0 bridgehead atoms. The number of methoxy groups -OCH3 is 2. The molecule has 27 heavy (non-hydrogen) atoms. The van der Waals surface area contributed by atoms with E-state index in [4.69, 9.17) is 15.2 Å². The van der Waals surface area contributed by atoms with E-state index in [1.165, 1.54) is 0 Å². The number of ether oxygens (including phenoxy) is 2. The minimum absolute atomic E-state index is 0.493. The molecule has 3 aromatic carbocycles. The van der Waals surface area contributed by atoms with Crippen molar-refractivity contribution in [3.63, 3.8) is 0 Å². The molecule has 0 saturated carbocycles. The maximum absolute atomic E-state index is 12.0. The van der Waals surface area contributed by atoms with Crippen LogP contribution in [-0.2, 0) is 12.0 Å². The minimum atomic E-state index is -1.49. The maximum atomic E-state index is 12.0. The average molecular weight is 363 g/mol. The molecule has 4 heteroatoms. The molecule has 140 valence electrons. The second kappa shape index (κ2) is 8.25. The molecule has 3 N–H and O–H groups in total. The summed E-state index contributed by atoms with van der Waals surface area (Å²) in [7, 11) is 3.17. The van der Waals surface area contributed by atoms with Gasteiger partial charge in [0.15, 0.2) is 0 Å². The number of benzene rings is 3. The van der Waals surface area contributed by atoms with Crippen LogP contribution < -0.4 is 15.2 Å². The van der Waals surface area contributed by atoms with Crippen LogP contribution in [0.4, 0.5) is 0 Å². The molecule has 0 radical (unpaired) electrons. The van der Waals surface area contributed by atoms with Gasteiger partial charge in [-0.2, -0.15) is 0 Å². The Labute approximate surface area is 160 Å². The molecule has 3 rings (SSSR count). The molecule has 0 heterocycles. The van der Waals surface area contributed by atoms with E-state index in [-0.39, 0.29) is 0 Å². The van der Waals surface area contributed by atoms with Crippen LogP contribution in [0.2, 0.25) is 0 Å². The van der Waals surface area contributed by atoms with Gasteiger partial charge in [0.05, 0.1) is 14.2 Å². The van der Waals surface area contributed by atoms with Gasteiger partial charge in [0.2, 0.25) is 0 Å². The maximum Gasteiger partial charge on any atom is 0.137 e. The van der Waals surface area contributed by atoms with Crippen LogP contribution in [0, 0.1) is 0 Å². The summed E-state index contributed by atoms with van der Waals surface area (Å²) in [6.07, 6.45) is 0.493. The number of rotatable bonds is 7. The van der Waals surface area contributed by atoms with Crippen molar-refractivity contribution in [3.05, 3.63) is 95.6 Å². The first kappa shape index (κ1) is 19.0. The summed E-state index contributed by atoms with van der Waals surface area (Å²) < 4.78 is 11.1. The van der Waals surface area contributed by atoms with E-state index in [9.17, 15) is 5.11 Å². The molecule has 0 aliphatic rings. The third-order valence-electron chi connectivity index (χ3n) is 4.87. The lowest BCUT2D eigenvalue weighted by atomic mass is 9.77. The molecular weight excluding hydrogens is 338 g/mol. The van der Waals surface area contributed by atoms with Crippen LogP contribution in [0.5, 0.6) is 11.5 Å². The first-order chi connectivity index (χ1) is 13.1. The first-order valence-electron chi connectivity index (χ1n) is 8.90. The number of para-hydroxylation sites is 2. The molecule has 3 aromatic rings. The van der Waals surface area contributed by atoms with Gasteiger partial charge in [-0.1, -0.05) is 66.7 Å². The molecule has 1 atom stereocenters. The third-order valence-corrected chi connectivity index (χ3v) is 4.87. The summed E-state index contributed by atoms with van der Waals surface area (Å²) in [5, 5.41) is 12.0. The zero-order chi connectivity index (χ0) is 19.3. The molecule has 0 amide bonds.